The van der Waals surface area contributed by atoms with Crippen molar-refractivity contribution in [2.45, 2.75) is 38.1 Å². The molecule has 2 fully saturated rings. The molecule has 0 aromatic rings. The molecule has 0 radical (unpaired) electrons. The lowest BCUT2D eigenvalue weighted by Gasteiger charge is -2.49. The molecule has 1 aliphatic heterocycles. The van der Waals surface area contributed by atoms with Gasteiger partial charge in [-0.1, -0.05) is 6.92 Å². The Hall–Kier alpha value is -0.0400. The molecule has 0 amide bonds. The van der Waals surface area contributed by atoms with E-state index in [1.807, 2.05) is 0 Å². The van der Waals surface area contributed by atoms with Crippen molar-refractivity contribution in [3.63, 3.8) is 0 Å². The molecule has 1 aliphatic carbocycles. The molecule has 58 valence electrons. The van der Waals surface area contributed by atoms with E-state index in [4.69, 9.17) is 0 Å². The van der Waals surface area contributed by atoms with Crippen LogP contribution >= 0.6 is 0 Å². The number of hydrogen-bond donors (Lipinski definition) is 0. The van der Waals surface area contributed by atoms with Crippen molar-refractivity contribution in [2.75, 3.05) is 13.6 Å². The first kappa shape index (κ1) is 6.66. The van der Waals surface area contributed by atoms with Crippen molar-refractivity contribution < 1.29 is 0 Å². The van der Waals surface area contributed by atoms with Gasteiger partial charge in [0.05, 0.1) is 0 Å². The van der Waals surface area contributed by atoms with Crippen LogP contribution in [-0.2, 0) is 0 Å². The van der Waals surface area contributed by atoms with Crippen molar-refractivity contribution in [1.82, 2.24) is 4.90 Å². The van der Waals surface area contributed by atoms with E-state index in [9.17, 15) is 0 Å². The average Bonchev–Trinajstić information content (AvgIpc) is 2.31. The highest BCUT2D eigenvalue weighted by molar-refractivity contribution is 5.02. The summed E-state index contributed by atoms with van der Waals surface area (Å²) in [5.74, 6) is 0.989. The molecule has 1 heterocycles. The number of rotatable bonds is 0. The standard InChI is InChI=1S/C9H17N/c1-8-3-4-9(7-8)5-6-10(9)2/h8H,3-7H2,1-2H3. The first-order valence-corrected chi connectivity index (χ1v) is 4.44. The van der Waals surface area contributed by atoms with Crippen LogP contribution in [0.15, 0.2) is 0 Å². The zero-order chi connectivity index (χ0) is 7.19. The highest BCUT2D eigenvalue weighted by atomic mass is 15.2. The molecule has 1 heteroatoms. The van der Waals surface area contributed by atoms with Gasteiger partial charge in [-0.25, -0.2) is 0 Å². The minimum Gasteiger partial charge on any atom is -0.301 e. The molecule has 0 N–H and O–H groups in total. The maximum Gasteiger partial charge on any atom is 0.0221 e. The molecule has 2 aliphatic rings. The largest absolute Gasteiger partial charge is 0.301 e. The number of nitrogens with zero attached hydrogens (tertiary/aromatic N) is 1. The predicted molar refractivity (Wildman–Crippen MR) is 43.0 cm³/mol. The second-order valence-electron chi connectivity index (χ2n) is 4.24. The van der Waals surface area contributed by atoms with Crippen molar-refractivity contribution >= 4 is 0 Å². The molecule has 0 aromatic heterocycles. The van der Waals surface area contributed by atoms with Crippen LogP contribution < -0.4 is 0 Å². The Kier molecular flexibility index (Phi) is 1.31. The summed E-state index contributed by atoms with van der Waals surface area (Å²) in [6.07, 6.45) is 5.85. The Balaban J connectivity index is 2.04. The van der Waals surface area contributed by atoms with E-state index in [-0.39, 0.29) is 0 Å². The lowest BCUT2D eigenvalue weighted by atomic mass is 9.83. The highest BCUT2D eigenvalue weighted by Gasteiger charge is 2.46. The maximum absolute atomic E-state index is 2.55. The molecule has 2 atom stereocenters. The zero-order valence-corrected chi connectivity index (χ0v) is 7.06. The molecule has 10 heavy (non-hydrogen) atoms. The first-order chi connectivity index (χ1) is 4.73. The minimum absolute atomic E-state index is 0.680. The van der Waals surface area contributed by atoms with Gasteiger partial charge in [-0.05, 0) is 38.6 Å². The van der Waals surface area contributed by atoms with Crippen LogP contribution in [-0.4, -0.2) is 24.0 Å². The summed E-state index contributed by atoms with van der Waals surface area (Å²) < 4.78 is 0. The molecular formula is C9H17N. The Labute approximate surface area is 63.4 Å². The second kappa shape index (κ2) is 1.97. The van der Waals surface area contributed by atoms with Gasteiger partial charge in [0.2, 0.25) is 0 Å². The van der Waals surface area contributed by atoms with Gasteiger partial charge in [0, 0.05) is 12.1 Å². The third-order valence-electron chi connectivity index (χ3n) is 3.55. The highest BCUT2D eigenvalue weighted by Crippen LogP contribution is 2.45. The normalized spacial score (nSPS) is 48.0. The Morgan fingerprint density at radius 2 is 2.20 bits per heavy atom. The molecule has 0 bridgehead atoms. The molecule has 2 rings (SSSR count). The molecule has 0 aromatic carbocycles. The van der Waals surface area contributed by atoms with E-state index in [2.05, 4.69) is 18.9 Å². The monoisotopic (exact) mass is 139 g/mol. The molecule has 1 nitrogen and oxygen atoms in total. The summed E-state index contributed by atoms with van der Waals surface area (Å²) in [6.45, 7) is 3.73. The third-order valence-corrected chi connectivity index (χ3v) is 3.55. The van der Waals surface area contributed by atoms with Crippen LogP contribution in [0.2, 0.25) is 0 Å². The van der Waals surface area contributed by atoms with E-state index in [1.54, 1.807) is 0 Å². The zero-order valence-electron chi connectivity index (χ0n) is 7.06. The molecule has 1 spiro atoms. The fourth-order valence-corrected chi connectivity index (χ4v) is 2.59. The van der Waals surface area contributed by atoms with Crippen LogP contribution in [0.4, 0.5) is 0 Å². The van der Waals surface area contributed by atoms with Crippen LogP contribution in [0.3, 0.4) is 0 Å². The van der Waals surface area contributed by atoms with Crippen molar-refractivity contribution in [3.05, 3.63) is 0 Å². The van der Waals surface area contributed by atoms with Gasteiger partial charge in [0.15, 0.2) is 0 Å². The fourth-order valence-electron chi connectivity index (χ4n) is 2.59. The van der Waals surface area contributed by atoms with Crippen LogP contribution in [0, 0.1) is 5.92 Å². The average molecular weight is 139 g/mol. The van der Waals surface area contributed by atoms with Gasteiger partial charge in [-0.15, -0.1) is 0 Å². The summed E-state index contributed by atoms with van der Waals surface area (Å²) in [5, 5.41) is 0. The van der Waals surface area contributed by atoms with E-state index < -0.39 is 0 Å². The van der Waals surface area contributed by atoms with Crippen LogP contribution in [0.1, 0.15) is 32.6 Å². The lowest BCUT2D eigenvalue weighted by Crippen LogP contribution is -2.55. The summed E-state index contributed by atoms with van der Waals surface area (Å²) in [7, 11) is 2.28. The summed E-state index contributed by atoms with van der Waals surface area (Å²) in [5.41, 5.74) is 0.680. The number of hydrogen-bond acceptors (Lipinski definition) is 1. The Morgan fingerprint density at radius 1 is 1.40 bits per heavy atom. The minimum atomic E-state index is 0.680. The summed E-state index contributed by atoms with van der Waals surface area (Å²) in [6, 6.07) is 0. The van der Waals surface area contributed by atoms with E-state index in [0.29, 0.717) is 5.54 Å². The van der Waals surface area contributed by atoms with Gasteiger partial charge in [-0.3, -0.25) is 0 Å². The van der Waals surface area contributed by atoms with Gasteiger partial charge >= 0.3 is 0 Å². The number of likely N-dealkylation sites (tertiary alicyclic amines) is 1. The SMILES string of the molecule is CC1CCC2(CCN2C)C1. The van der Waals surface area contributed by atoms with Gasteiger partial charge in [0.1, 0.15) is 0 Å². The Morgan fingerprint density at radius 3 is 2.40 bits per heavy atom. The van der Waals surface area contributed by atoms with Crippen LogP contribution in [0.5, 0.6) is 0 Å². The van der Waals surface area contributed by atoms with Gasteiger partial charge in [-0.2, -0.15) is 0 Å². The van der Waals surface area contributed by atoms with Gasteiger partial charge < -0.3 is 4.90 Å². The van der Waals surface area contributed by atoms with E-state index in [0.717, 1.165) is 5.92 Å². The molecule has 2 unspecified atom stereocenters. The topological polar surface area (TPSA) is 3.24 Å². The maximum atomic E-state index is 2.55. The second-order valence-corrected chi connectivity index (χ2v) is 4.24. The van der Waals surface area contributed by atoms with Gasteiger partial charge in [0.25, 0.3) is 0 Å². The van der Waals surface area contributed by atoms with Crippen molar-refractivity contribution in [1.29, 1.82) is 0 Å². The van der Waals surface area contributed by atoms with Crippen LogP contribution in [0.25, 0.3) is 0 Å². The summed E-state index contributed by atoms with van der Waals surface area (Å²) >= 11 is 0. The summed E-state index contributed by atoms with van der Waals surface area (Å²) in [4.78, 5) is 2.55. The fraction of sp³-hybridized carbons (Fsp3) is 1.00. The lowest BCUT2D eigenvalue weighted by molar-refractivity contribution is 0.0144. The Bertz CT molecular complexity index is 144. The molecular weight excluding hydrogens is 122 g/mol. The third kappa shape index (κ3) is 0.731. The van der Waals surface area contributed by atoms with Crippen molar-refractivity contribution in [2.24, 2.45) is 5.92 Å². The quantitative estimate of drug-likeness (QED) is 0.495. The van der Waals surface area contributed by atoms with E-state index >= 15 is 0 Å². The predicted octanol–water partition coefficient (Wildman–Crippen LogP) is 1.88. The van der Waals surface area contributed by atoms with E-state index in [1.165, 1.54) is 32.2 Å². The smallest absolute Gasteiger partial charge is 0.0221 e. The molecule has 1 saturated heterocycles. The van der Waals surface area contributed by atoms with Crippen molar-refractivity contribution in [3.8, 4) is 0 Å². The molecule has 1 saturated carbocycles. The first-order valence-electron chi connectivity index (χ1n) is 4.44.